The summed E-state index contributed by atoms with van der Waals surface area (Å²) in [6.07, 6.45) is 3.72. The highest BCUT2D eigenvalue weighted by molar-refractivity contribution is 8.27. The van der Waals surface area contributed by atoms with Gasteiger partial charge in [0.2, 0.25) is 0 Å². The van der Waals surface area contributed by atoms with E-state index in [1.807, 2.05) is 0 Å². The van der Waals surface area contributed by atoms with Crippen LogP contribution in [0.4, 0.5) is 0 Å². The van der Waals surface area contributed by atoms with E-state index in [1.165, 1.54) is 0 Å². The normalized spacial score (nSPS) is 18.7. The maximum absolute atomic E-state index is 11.9. The Hall–Kier alpha value is -2.66. The molecule has 0 atom stereocenters. The van der Waals surface area contributed by atoms with Crippen molar-refractivity contribution in [3.63, 3.8) is 0 Å². The molecule has 0 saturated carbocycles. The van der Waals surface area contributed by atoms with E-state index in [0.717, 1.165) is 34.7 Å². The number of amides is 2. The van der Waals surface area contributed by atoms with Crippen molar-refractivity contribution < 1.29 is 19.8 Å². The molecule has 2 saturated heterocycles. The topological polar surface area (TPSA) is 98.7 Å². The molecule has 31 heavy (non-hydrogen) atoms. The molecule has 0 spiro atoms. The smallest absolute Gasteiger partial charge is 0.263 e. The van der Waals surface area contributed by atoms with Crippen LogP contribution in [0.5, 0.6) is 11.5 Å². The number of phenolic OH excluding ortho intramolecular Hbond substituents is 2. The molecule has 0 aliphatic carbocycles. The predicted molar refractivity (Wildman–Crippen MR) is 132 cm³/mol. The highest BCUT2D eigenvalue weighted by atomic mass is 32.2. The molecule has 2 heterocycles. The molecule has 2 aromatic carbocycles. The first kappa shape index (κ1) is 21.6. The average molecular weight is 487 g/mol. The fourth-order valence-corrected chi connectivity index (χ4v) is 5.09. The van der Waals surface area contributed by atoms with Gasteiger partial charge in [-0.1, -0.05) is 60.1 Å². The van der Waals surface area contributed by atoms with E-state index < -0.39 is 0 Å². The lowest BCUT2D eigenvalue weighted by molar-refractivity contribution is -0.116. The van der Waals surface area contributed by atoms with Gasteiger partial charge in [-0.25, -0.2) is 0 Å². The number of hydrogen-bond acceptors (Lipinski definition) is 8. The molecule has 6 nitrogen and oxygen atoms in total. The zero-order chi connectivity index (χ0) is 22.1. The summed E-state index contributed by atoms with van der Waals surface area (Å²) < 4.78 is 0.764. The second-order valence-corrected chi connectivity index (χ2v) is 10.1. The predicted octanol–water partition coefficient (Wildman–Crippen LogP) is 3.67. The van der Waals surface area contributed by atoms with Crippen LogP contribution < -0.4 is 10.6 Å². The number of benzene rings is 2. The van der Waals surface area contributed by atoms with E-state index in [1.54, 1.807) is 48.6 Å². The lowest BCUT2D eigenvalue weighted by Crippen LogP contribution is -2.17. The van der Waals surface area contributed by atoms with Gasteiger partial charge in [0.1, 0.15) is 20.1 Å². The highest BCUT2D eigenvalue weighted by Gasteiger charge is 2.23. The minimum absolute atomic E-state index is 0.0545. The first-order valence-corrected chi connectivity index (χ1v) is 11.4. The van der Waals surface area contributed by atoms with Gasteiger partial charge in [0.05, 0.1) is 9.81 Å². The average Bonchev–Trinajstić information content (AvgIpc) is 3.20. The number of rotatable bonds is 4. The lowest BCUT2D eigenvalue weighted by Gasteiger charge is -2.08. The fourth-order valence-electron chi connectivity index (χ4n) is 3.02. The van der Waals surface area contributed by atoms with Gasteiger partial charge in [-0.05, 0) is 54.0 Å². The number of thiocarbonyl (C=S) groups is 2. The zero-order valence-electron chi connectivity index (χ0n) is 15.7. The molecule has 156 valence electrons. The van der Waals surface area contributed by atoms with Crippen LogP contribution in [0.1, 0.15) is 22.3 Å². The van der Waals surface area contributed by atoms with Gasteiger partial charge < -0.3 is 20.8 Å². The van der Waals surface area contributed by atoms with Crippen LogP contribution in [-0.2, 0) is 16.0 Å². The Labute approximate surface area is 196 Å². The van der Waals surface area contributed by atoms with Crippen LogP contribution in [0, 0.1) is 0 Å². The second kappa shape index (κ2) is 8.83. The Kier molecular flexibility index (Phi) is 6.15. The molecule has 0 aromatic heterocycles. The zero-order valence-corrected chi connectivity index (χ0v) is 18.9. The van der Waals surface area contributed by atoms with Crippen molar-refractivity contribution in [2.24, 2.45) is 0 Å². The summed E-state index contributed by atoms with van der Waals surface area (Å²) in [7, 11) is 0. The summed E-state index contributed by atoms with van der Waals surface area (Å²) in [6, 6.07) is 10.3. The molecule has 10 heteroatoms. The SMILES string of the molecule is O=C1NC(=S)SC1=Cc1cc(Cc2ccc(O)c(C=C3SC(=S)NC3=O)c2)ccc1O. The van der Waals surface area contributed by atoms with Crippen molar-refractivity contribution in [3.05, 3.63) is 68.5 Å². The molecular weight excluding hydrogens is 473 g/mol. The number of nitrogens with one attached hydrogen (secondary N) is 2. The molecule has 0 bridgehead atoms. The molecule has 2 aliphatic rings. The molecule has 4 rings (SSSR count). The summed E-state index contributed by atoms with van der Waals surface area (Å²) in [6.45, 7) is 0. The van der Waals surface area contributed by atoms with Gasteiger partial charge in [-0.15, -0.1) is 0 Å². The Morgan fingerprint density at radius 2 is 1.19 bits per heavy atom. The van der Waals surface area contributed by atoms with Crippen molar-refractivity contribution in [3.8, 4) is 11.5 Å². The van der Waals surface area contributed by atoms with Crippen molar-refractivity contribution in [1.29, 1.82) is 0 Å². The first-order valence-electron chi connectivity index (χ1n) is 8.92. The van der Waals surface area contributed by atoms with Gasteiger partial charge in [-0.2, -0.15) is 0 Å². The first-order chi connectivity index (χ1) is 14.8. The molecule has 2 aliphatic heterocycles. The van der Waals surface area contributed by atoms with Crippen molar-refractivity contribution >= 4 is 80.6 Å². The molecule has 2 aromatic rings. The number of phenols is 2. The standard InChI is InChI=1S/C21H14N2O4S4/c24-14-3-1-10(6-12(14)8-16-18(26)22-20(28)30-16)5-11-2-4-15(25)13(7-11)9-17-19(27)23-21(29)31-17/h1-4,6-9,24-25H,5H2,(H,22,26,28)(H,23,27,29). The van der Waals surface area contributed by atoms with Crippen LogP contribution in [-0.4, -0.2) is 30.7 Å². The molecule has 0 unspecified atom stereocenters. The number of thioether (sulfide) groups is 2. The van der Waals surface area contributed by atoms with Crippen LogP contribution in [0.3, 0.4) is 0 Å². The maximum Gasteiger partial charge on any atom is 0.263 e. The van der Waals surface area contributed by atoms with E-state index in [9.17, 15) is 19.8 Å². The number of aromatic hydroxyl groups is 2. The molecule has 2 amide bonds. The summed E-state index contributed by atoms with van der Waals surface area (Å²) in [4.78, 5) is 24.6. The van der Waals surface area contributed by atoms with Gasteiger partial charge in [-0.3, -0.25) is 9.59 Å². The summed E-state index contributed by atoms with van der Waals surface area (Å²) in [5.41, 5.74) is 2.81. The van der Waals surface area contributed by atoms with Crippen molar-refractivity contribution in [1.82, 2.24) is 10.6 Å². The van der Waals surface area contributed by atoms with E-state index in [0.29, 0.717) is 36.0 Å². The van der Waals surface area contributed by atoms with Crippen molar-refractivity contribution in [2.75, 3.05) is 0 Å². The maximum atomic E-state index is 11.9. The van der Waals surface area contributed by atoms with Crippen LogP contribution in [0.15, 0.2) is 46.2 Å². The van der Waals surface area contributed by atoms with Gasteiger partial charge in [0, 0.05) is 11.1 Å². The third-order valence-electron chi connectivity index (χ3n) is 4.45. The molecule has 2 fully saturated rings. The van der Waals surface area contributed by atoms with Gasteiger partial charge in [0.15, 0.2) is 0 Å². The minimum Gasteiger partial charge on any atom is -0.507 e. The van der Waals surface area contributed by atoms with E-state index in [-0.39, 0.29) is 23.3 Å². The Balaban J connectivity index is 1.60. The Bertz CT molecular complexity index is 1130. The summed E-state index contributed by atoms with van der Waals surface area (Å²) in [5.74, 6) is -0.466. The Morgan fingerprint density at radius 1 is 0.774 bits per heavy atom. The lowest BCUT2D eigenvalue weighted by atomic mass is 9.99. The van der Waals surface area contributed by atoms with Crippen LogP contribution in [0.2, 0.25) is 0 Å². The van der Waals surface area contributed by atoms with E-state index in [4.69, 9.17) is 24.4 Å². The summed E-state index contributed by atoms with van der Waals surface area (Å²) in [5, 5.41) is 25.5. The van der Waals surface area contributed by atoms with E-state index in [2.05, 4.69) is 10.6 Å². The van der Waals surface area contributed by atoms with Crippen molar-refractivity contribution in [2.45, 2.75) is 6.42 Å². The van der Waals surface area contributed by atoms with E-state index >= 15 is 0 Å². The molecular formula is C21H14N2O4S4. The third kappa shape index (κ3) is 4.99. The number of hydrogen-bond donors (Lipinski definition) is 4. The number of carbonyl (C=O) groups is 2. The quantitative estimate of drug-likeness (QED) is 0.384. The minimum atomic E-state index is -0.288. The van der Waals surface area contributed by atoms with Gasteiger partial charge in [0.25, 0.3) is 11.8 Å². The van der Waals surface area contributed by atoms with Crippen LogP contribution >= 0.6 is 48.0 Å². The third-order valence-corrected chi connectivity index (χ3v) is 6.77. The van der Waals surface area contributed by atoms with Gasteiger partial charge >= 0.3 is 0 Å². The van der Waals surface area contributed by atoms with Crippen LogP contribution in [0.25, 0.3) is 12.2 Å². The fraction of sp³-hybridized carbons (Fsp3) is 0.0476. The monoisotopic (exact) mass is 486 g/mol. The Morgan fingerprint density at radius 3 is 1.55 bits per heavy atom. The largest absolute Gasteiger partial charge is 0.507 e. The highest BCUT2D eigenvalue weighted by Crippen LogP contribution is 2.32. The second-order valence-electron chi connectivity index (χ2n) is 6.67. The molecule has 4 N–H and O–H groups in total. The summed E-state index contributed by atoms with van der Waals surface area (Å²) >= 11 is 12.3. The molecule has 0 radical (unpaired) electrons. The number of carbonyl (C=O) groups excluding carboxylic acids is 2.